The molecule has 0 radical (unpaired) electrons. The first-order valence-corrected chi connectivity index (χ1v) is 8.23. The third kappa shape index (κ3) is 4.93. The number of nitrogens with zero attached hydrogens (tertiary/aromatic N) is 2. The standard InChI is InChI=1S/C14H8N2O9S2/c17-13(18)9-5-7(15(21)22)1-3-11(9)26-25-27-12-4-2-8(16(23)24)6-10(12)14(19)20/h1-6H,(H,17,18)(H,19,20). The Bertz CT molecular complexity index is 873. The van der Waals surface area contributed by atoms with Crippen molar-refractivity contribution < 1.29 is 33.3 Å². The first-order chi connectivity index (χ1) is 12.7. The van der Waals surface area contributed by atoms with Crippen LogP contribution in [0.2, 0.25) is 0 Å². The molecule has 0 amide bonds. The molecule has 0 unspecified atom stereocenters. The number of carbonyl (C=O) groups is 2. The molecule has 0 spiro atoms. The summed E-state index contributed by atoms with van der Waals surface area (Å²) in [5, 5.41) is 39.8. The topological polar surface area (TPSA) is 170 Å². The van der Waals surface area contributed by atoms with E-state index in [0.717, 1.165) is 24.3 Å². The second-order valence-corrected chi connectivity index (χ2v) is 6.48. The lowest BCUT2D eigenvalue weighted by Gasteiger charge is -2.07. The Hall–Kier alpha value is -3.16. The van der Waals surface area contributed by atoms with E-state index in [1.165, 1.54) is 12.1 Å². The van der Waals surface area contributed by atoms with E-state index in [2.05, 4.69) is 0 Å². The zero-order chi connectivity index (χ0) is 20.1. The van der Waals surface area contributed by atoms with Gasteiger partial charge in [0.15, 0.2) is 0 Å². The quantitative estimate of drug-likeness (QED) is 0.368. The third-order valence-corrected chi connectivity index (χ3v) is 4.67. The molecule has 13 heteroatoms. The highest BCUT2D eigenvalue weighted by Gasteiger charge is 2.19. The first-order valence-electron chi connectivity index (χ1n) is 6.75. The Balaban J connectivity index is 2.19. The summed E-state index contributed by atoms with van der Waals surface area (Å²) < 4.78 is 5.16. The fourth-order valence-corrected chi connectivity index (χ4v) is 3.27. The van der Waals surface area contributed by atoms with Gasteiger partial charge in [0.25, 0.3) is 11.4 Å². The normalized spacial score (nSPS) is 10.4. The van der Waals surface area contributed by atoms with Crippen molar-refractivity contribution in [2.45, 2.75) is 9.79 Å². The summed E-state index contributed by atoms with van der Waals surface area (Å²) in [5.74, 6) is -2.81. The molecule has 2 aromatic rings. The van der Waals surface area contributed by atoms with E-state index in [9.17, 15) is 29.8 Å². The van der Waals surface area contributed by atoms with Gasteiger partial charge in [-0.15, -0.1) is 0 Å². The summed E-state index contributed by atoms with van der Waals surface area (Å²) in [7, 11) is 0. The minimum atomic E-state index is -1.41. The summed E-state index contributed by atoms with van der Waals surface area (Å²) in [6.07, 6.45) is 0. The number of hydrogen-bond donors (Lipinski definition) is 2. The van der Waals surface area contributed by atoms with Crippen molar-refractivity contribution in [1.82, 2.24) is 0 Å². The molecule has 0 fully saturated rings. The van der Waals surface area contributed by atoms with Gasteiger partial charge in [-0.2, -0.15) is 0 Å². The first kappa shape index (κ1) is 20.2. The Labute approximate surface area is 158 Å². The lowest BCUT2D eigenvalue weighted by molar-refractivity contribution is -0.385. The molecule has 140 valence electrons. The van der Waals surface area contributed by atoms with E-state index in [0.29, 0.717) is 24.1 Å². The van der Waals surface area contributed by atoms with Gasteiger partial charge in [0.2, 0.25) is 0 Å². The number of benzene rings is 2. The number of aromatic carboxylic acids is 2. The highest BCUT2D eigenvalue weighted by molar-refractivity contribution is 8.08. The molecule has 2 aromatic carbocycles. The van der Waals surface area contributed by atoms with Gasteiger partial charge in [-0.05, 0) is 12.1 Å². The number of nitro benzene ring substituents is 2. The highest BCUT2D eigenvalue weighted by Crippen LogP contribution is 2.35. The van der Waals surface area contributed by atoms with E-state index in [1.807, 2.05) is 0 Å². The number of carboxylic acids is 2. The van der Waals surface area contributed by atoms with Crippen LogP contribution in [0.15, 0.2) is 46.2 Å². The molecule has 0 aromatic heterocycles. The Morgan fingerprint density at radius 1 is 0.815 bits per heavy atom. The molecule has 0 aliphatic carbocycles. The number of rotatable bonds is 8. The molecular formula is C14H8N2O9S2. The second-order valence-electron chi connectivity index (χ2n) is 4.72. The summed E-state index contributed by atoms with van der Waals surface area (Å²) in [6, 6.07) is 6.29. The number of non-ortho nitro benzene ring substituents is 2. The van der Waals surface area contributed by atoms with Crippen LogP contribution in [0.3, 0.4) is 0 Å². The van der Waals surface area contributed by atoms with Gasteiger partial charge in [0.1, 0.15) is 0 Å². The zero-order valence-electron chi connectivity index (χ0n) is 12.9. The van der Waals surface area contributed by atoms with Crippen molar-refractivity contribution in [3.8, 4) is 0 Å². The SMILES string of the molecule is O=C(O)c1cc([N+](=O)[O-])ccc1SOSc1ccc([N+](=O)[O-])cc1C(=O)O. The number of carboxylic acid groups (broad SMARTS) is 2. The van der Waals surface area contributed by atoms with Crippen LogP contribution < -0.4 is 0 Å². The van der Waals surface area contributed by atoms with Crippen LogP contribution in [0, 0.1) is 20.2 Å². The third-order valence-electron chi connectivity index (χ3n) is 3.06. The summed E-state index contributed by atoms with van der Waals surface area (Å²) >= 11 is 1.11. The van der Waals surface area contributed by atoms with Gasteiger partial charge in [-0.3, -0.25) is 20.2 Å². The highest BCUT2D eigenvalue weighted by atomic mass is 32.2. The van der Waals surface area contributed by atoms with Gasteiger partial charge in [-0.25, -0.2) is 13.2 Å². The number of nitro groups is 2. The maximum absolute atomic E-state index is 11.2. The molecular weight excluding hydrogens is 404 g/mol. The molecule has 0 saturated carbocycles. The largest absolute Gasteiger partial charge is 0.478 e. The fraction of sp³-hybridized carbons (Fsp3) is 0. The smallest absolute Gasteiger partial charge is 0.337 e. The van der Waals surface area contributed by atoms with Crippen LogP contribution >= 0.6 is 24.1 Å². The monoisotopic (exact) mass is 412 g/mol. The molecule has 11 nitrogen and oxygen atoms in total. The molecule has 0 bridgehead atoms. The lowest BCUT2D eigenvalue weighted by Crippen LogP contribution is -2.01. The van der Waals surface area contributed by atoms with Crippen LogP contribution in [-0.4, -0.2) is 32.0 Å². The lowest BCUT2D eigenvalue weighted by atomic mass is 10.2. The maximum atomic E-state index is 11.2. The van der Waals surface area contributed by atoms with Crippen molar-refractivity contribution in [2.24, 2.45) is 0 Å². The molecule has 0 aliphatic heterocycles. The van der Waals surface area contributed by atoms with E-state index < -0.39 is 33.2 Å². The van der Waals surface area contributed by atoms with Gasteiger partial charge >= 0.3 is 11.9 Å². The Morgan fingerprint density at radius 2 is 1.19 bits per heavy atom. The summed E-state index contributed by atoms with van der Waals surface area (Å²) in [4.78, 5) is 42.6. The summed E-state index contributed by atoms with van der Waals surface area (Å²) in [5.41, 5.74) is -1.55. The van der Waals surface area contributed by atoms with E-state index in [1.54, 1.807) is 0 Å². The Kier molecular flexibility index (Phi) is 6.33. The average Bonchev–Trinajstić information content (AvgIpc) is 2.61. The van der Waals surface area contributed by atoms with Crippen molar-refractivity contribution in [3.05, 3.63) is 67.8 Å². The molecule has 0 aliphatic rings. The minimum absolute atomic E-state index is 0.0550. The van der Waals surface area contributed by atoms with E-state index in [4.69, 9.17) is 13.8 Å². The molecule has 2 rings (SSSR count). The van der Waals surface area contributed by atoms with Crippen LogP contribution in [0.1, 0.15) is 20.7 Å². The van der Waals surface area contributed by atoms with Crippen LogP contribution in [0.4, 0.5) is 11.4 Å². The van der Waals surface area contributed by atoms with Gasteiger partial charge in [0, 0.05) is 48.4 Å². The van der Waals surface area contributed by atoms with E-state index in [-0.39, 0.29) is 20.9 Å². The minimum Gasteiger partial charge on any atom is -0.478 e. The zero-order valence-corrected chi connectivity index (χ0v) is 14.6. The molecule has 2 N–H and O–H groups in total. The van der Waals surface area contributed by atoms with Crippen LogP contribution in [0.5, 0.6) is 0 Å². The van der Waals surface area contributed by atoms with Crippen molar-refractivity contribution >= 4 is 47.4 Å². The average molecular weight is 412 g/mol. The molecule has 0 heterocycles. The van der Waals surface area contributed by atoms with Gasteiger partial charge in [0.05, 0.1) is 30.8 Å². The second kappa shape index (κ2) is 8.48. The molecule has 0 atom stereocenters. The van der Waals surface area contributed by atoms with Gasteiger partial charge in [-0.1, -0.05) is 0 Å². The molecule has 27 heavy (non-hydrogen) atoms. The van der Waals surface area contributed by atoms with Crippen molar-refractivity contribution in [3.63, 3.8) is 0 Å². The van der Waals surface area contributed by atoms with Crippen LogP contribution in [0.25, 0.3) is 0 Å². The Morgan fingerprint density at radius 3 is 1.48 bits per heavy atom. The van der Waals surface area contributed by atoms with Crippen molar-refractivity contribution in [1.29, 1.82) is 0 Å². The maximum Gasteiger partial charge on any atom is 0.337 e. The molecule has 0 saturated heterocycles. The van der Waals surface area contributed by atoms with Crippen molar-refractivity contribution in [2.75, 3.05) is 0 Å². The van der Waals surface area contributed by atoms with Gasteiger partial charge < -0.3 is 10.2 Å². The number of hydrogen-bond acceptors (Lipinski definition) is 9. The van der Waals surface area contributed by atoms with Crippen LogP contribution in [-0.2, 0) is 3.63 Å². The predicted octanol–water partition coefficient (Wildman–Crippen LogP) is 3.63. The summed E-state index contributed by atoms with van der Waals surface area (Å²) in [6.45, 7) is 0. The fourth-order valence-electron chi connectivity index (χ4n) is 1.83. The predicted molar refractivity (Wildman–Crippen MR) is 92.9 cm³/mol. The van der Waals surface area contributed by atoms with E-state index >= 15 is 0 Å².